The number of carbonyl (C=O) groups excluding carboxylic acids is 2. The zero-order valence-corrected chi connectivity index (χ0v) is 23.8. The molecule has 0 spiro atoms. The van der Waals surface area contributed by atoms with Gasteiger partial charge in [-0.2, -0.15) is 26.3 Å². The Kier molecular flexibility index (Phi) is 8.91. The summed E-state index contributed by atoms with van der Waals surface area (Å²) < 4.78 is 87.5. The predicted octanol–water partition coefficient (Wildman–Crippen LogP) is 7.90. The third kappa shape index (κ3) is 6.45. The molecule has 0 aromatic heterocycles. The number of alkyl halides is 6. The van der Waals surface area contributed by atoms with Gasteiger partial charge in [-0.3, -0.25) is 9.59 Å². The summed E-state index contributed by atoms with van der Waals surface area (Å²) in [4.78, 5) is 25.9. The fourth-order valence-electron chi connectivity index (χ4n) is 5.08. The van der Waals surface area contributed by atoms with Gasteiger partial charge in [-0.1, -0.05) is 48.0 Å². The van der Waals surface area contributed by atoms with Gasteiger partial charge in [0.05, 0.1) is 5.69 Å². The van der Waals surface area contributed by atoms with Crippen LogP contribution in [0, 0.1) is 13.8 Å². The minimum Gasteiger partial charge on any atom is -0.508 e. The van der Waals surface area contributed by atoms with Gasteiger partial charge in [0.25, 0.3) is 5.91 Å². The number of phenolic OH excluding ortho intramolecular Hbond substituents is 3. The van der Waals surface area contributed by atoms with Crippen molar-refractivity contribution in [2.75, 3.05) is 5.32 Å². The van der Waals surface area contributed by atoms with Crippen LogP contribution < -0.4 is 5.32 Å². The van der Waals surface area contributed by atoms with E-state index in [2.05, 4.69) is 5.32 Å². The lowest BCUT2D eigenvalue weighted by atomic mass is 9.72. The summed E-state index contributed by atoms with van der Waals surface area (Å²) in [6.45, 7) is 2.96. The lowest BCUT2D eigenvalue weighted by molar-refractivity contribution is -0.288. The number of hydrogen-bond acceptors (Lipinski definition) is 5. The molecule has 0 saturated carbocycles. The van der Waals surface area contributed by atoms with E-state index in [1.165, 1.54) is 30.3 Å². The number of rotatable bonds is 8. The fourth-order valence-corrected chi connectivity index (χ4v) is 5.08. The minimum absolute atomic E-state index is 0.0178. The number of aryl methyl sites for hydroxylation is 3. The van der Waals surface area contributed by atoms with Crippen molar-refractivity contribution in [3.05, 3.63) is 118 Å². The highest BCUT2D eigenvalue weighted by Gasteiger charge is 2.72. The number of Topliss-reactive ketones (excluding diaryl/α,β-unsaturated/α-hetero) is 1. The van der Waals surface area contributed by atoms with Gasteiger partial charge in [0.1, 0.15) is 17.2 Å². The lowest BCUT2D eigenvalue weighted by Gasteiger charge is -2.38. The Morgan fingerprint density at radius 2 is 1.27 bits per heavy atom. The largest absolute Gasteiger partial charge is 0.508 e. The molecule has 45 heavy (non-hydrogen) atoms. The SMILES string of the molecule is Cc1ccc(O)c(CCC(=O)c2cccc(C(=O)Nc3cc(C(c4ccc(O)c(C)c4)(C(F)(F)F)C(F)(F)F)ccc3O)c2)c1. The molecule has 0 aliphatic rings. The number of anilines is 1. The molecule has 0 saturated heterocycles. The summed E-state index contributed by atoms with van der Waals surface area (Å²) in [5, 5.41) is 32.3. The highest BCUT2D eigenvalue weighted by atomic mass is 19.4. The first-order valence-electron chi connectivity index (χ1n) is 13.5. The Morgan fingerprint density at radius 1 is 0.689 bits per heavy atom. The molecule has 1 amide bonds. The summed E-state index contributed by atoms with van der Waals surface area (Å²) in [6.07, 6.45) is -11.7. The van der Waals surface area contributed by atoms with Crippen LogP contribution in [0.2, 0.25) is 0 Å². The van der Waals surface area contributed by atoms with Gasteiger partial charge in [0.15, 0.2) is 5.78 Å². The third-order valence-corrected chi connectivity index (χ3v) is 7.46. The van der Waals surface area contributed by atoms with Gasteiger partial charge in [-0.05, 0) is 78.9 Å². The van der Waals surface area contributed by atoms with Gasteiger partial charge in [-0.25, -0.2) is 0 Å². The van der Waals surface area contributed by atoms with Crippen molar-refractivity contribution < 1.29 is 51.3 Å². The maximum absolute atomic E-state index is 14.6. The number of benzene rings is 4. The minimum atomic E-state index is -5.95. The zero-order chi connectivity index (χ0) is 33.3. The Morgan fingerprint density at radius 3 is 1.89 bits per heavy atom. The summed E-state index contributed by atoms with van der Waals surface area (Å²) >= 11 is 0. The van der Waals surface area contributed by atoms with Crippen molar-refractivity contribution >= 4 is 17.4 Å². The highest BCUT2D eigenvalue weighted by Crippen LogP contribution is 2.57. The summed E-state index contributed by atoms with van der Waals surface area (Å²) in [7, 11) is 0. The van der Waals surface area contributed by atoms with Crippen molar-refractivity contribution in [2.45, 2.75) is 44.5 Å². The van der Waals surface area contributed by atoms with Crippen LogP contribution in [0.15, 0.2) is 78.9 Å². The molecule has 0 fully saturated rings. The number of hydrogen-bond donors (Lipinski definition) is 4. The van der Waals surface area contributed by atoms with E-state index in [0.717, 1.165) is 18.6 Å². The zero-order valence-electron chi connectivity index (χ0n) is 23.8. The topological polar surface area (TPSA) is 107 Å². The number of carbonyl (C=O) groups is 2. The van der Waals surface area contributed by atoms with Crippen LogP contribution in [0.5, 0.6) is 17.2 Å². The van der Waals surface area contributed by atoms with Crippen LogP contribution in [0.1, 0.15) is 55.0 Å². The van der Waals surface area contributed by atoms with Crippen LogP contribution >= 0.6 is 0 Å². The first-order chi connectivity index (χ1) is 21.0. The highest BCUT2D eigenvalue weighted by molar-refractivity contribution is 6.07. The van der Waals surface area contributed by atoms with E-state index < -0.39 is 52.0 Å². The van der Waals surface area contributed by atoms with Gasteiger partial charge >= 0.3 is 12.4 Å². The molecule has 4 rings (SSSR count). The van der Waals surface area contributed by atoms with E-state index in [1.54, 1.807) is 12.1 Å². The molecular formula is C33H27F6NO5. The average molecular weight is 632 g/mol. The molecular weight excluding hydrogens is 604 g/mol. The van der Waals surface area contributed by atoms with Gasteiger partial charge in [-0.15, -0.1) is 0 Å². The van der Waals surface area contributed by atoms with Crippen molar-refractivity contribution in [3.63, 3.8) is 0 Å². The van der Waals surface area contributed by atoms with Crippen molar-refractivity contribution in [2.24, 2.45) is 0 Å². The van der Waals surface area contributed by atoms with E-state index >= 15 is 0 Å². The van der Waals surface area contributed by atoms with E-state index in [0.29, 0.717) is 35.9 Å². The molecule has 0 aliphatic heterocycles. The molecule has 4 aromatic carbocycles. The van der Waals surface area contributed by atoms with Crippen LogP contribution in [0.3, 0.4) is 0 Å². The standard InChI is InChI=1S/C33H27F6NO5/c1-18-6-10-27(42)21(14-18)7-11-28(43)20-4-3-5-22(16-20)30(45)40-25-17-24(9-13-29(25)44)31(32(34,35)36,33(37,38)39)23-8-12-26(41)19(2)15-23/h3-6,8-10,12-17,41-42,44H,7,11H2,1-2H3,(H,40,45). The van der Waals surface area contributed by atoms with Crippen LogP contribution in [0.25, 0.3) is 0 Å². The number of ketones is 1. The van der Waals surface area contributed by atoms with Crippen molar-refractivity contribution in [3.8, 4) is 17.2 Å². The first-order valence-corrected chi connectivity index (χ1v) is 13.5. The molecule has 0 atom stereocenters. The Labute approximate surface area is 253 Å². The first kappa shape index (κ1) is 32.9. The number of nitrogens with one attached hydrogen (secondary N) is 1. The van der Waals surface area contributed by atoms with E-state index in [9.17, 15) is 51.3 Å². The van der Waals surface area contributed by atoms with Crippen LogP contribution in [0.4, 0.5) is 32.0 Å². The fraction of sp³-hybridized carbons (Fsp3) is 0.212. The monoisotopic (exact) mass is 631 g/mol. The second kappa shape index (κ2) is 12.2. The molecule has 6 nitrogen and oxygen atoms in total. The molecule has 4 aromatic rings. The maximum atomic E-state index is 14.6. The van der Waals surface area contributed by atoms with Gasteiger partial charge in [0.2, 0.25) is 5.41 Å². The van der Waals surface area contributed by atoms with Gasteiger partial charge < -0.3 is 20.6 Å². The Hall–Kier alpha value is -5.00. The van der Waals surface area contributed by atoms with Crippen LogP contribution in [-0.4, -0.2) is 39.4 Å². The van der Waals surface area contributed by atoms with Gasteiger partial charge in [0, 0.05) is 17.5 Å². The number of aromatic hydroxyl groups is 3. The molecule has 0 radical (unpaired) electrons. The molecule has 0 heterocycles. The maximum Gasteiger partial charge on any atom is 0.411 e. The number of amides is 1. The van der Waals surface area contributed by atoms with Crippen molar-refractivity contribution in [1.29, 1.82) is 0 Å². The smallest absolute Gasteiger partial charge is 0.411 e. The molecule has 0 bridgehead atoms. The molecule has 0 unspecified atom stereocenters. The van der Waals surface area contributed by atoms with Crippen LogP contribution in [-0.2, 0) is 11.8 Å². The summed E-state index contributed by atoms with van der Waals surface area (Å²) in [5.41, 5.74) is -6.77. The lowest BCUT2D eigenvalue weighted by Crippen LogP contribution is -2.54. The Balaban J connectivity index is 1.67. The second-order valence-corrected chi connectivity index (χ2v) is 10.6. The summed E-state index contributed by atoms with van der Waals surface area (Å²) in [5.74, 6) is -2.70. The quantitative estimate of drug-likeness (QED) is 0.0899. The molecule has 4 N–H and O–H groups in total. The second-order valence-electron chi connectivity index (χ2n) is 10.6. The van der Waals surface area contributed by atoms with E-state index in [4.69, 9.17) is 0 Å². The molecule has 0 aliphatic carbocycles. The molecule has 12 heteroatoms. The van der Waals surface area contributed by atoms with E-state index in [1.807, 2.05) is 6.92 Å². The number of halogens is 6. The predicted molar refractivity (Wildman–Crippen MR) is 154 cm³/mol. The van der Waals surface area contributed by atoms with E-state index in [-0.39, 0.29) is 41.1 Å². The molecule has 236 valence electrons. The third-order valence-electron chi connectivity index (χ3n) is 7.46. The average Bonchev–Trinajstić information content (AvgIpc) is 2.95. The van der Waals surface area contributed by atoms with Crippen molar-refractivity contribution in [1.82, 2.24) is 0 Å². The normalized spacial score (nSPS) is 12.2. The Bertz CT molecular complexity index is 1750. The number of phenols is 3. The summed E-state index contributed by atoms with van der Waals surface area (Å²) in [6, 6.07) is 13.5.